The molecule has 5 nitrogen and oxygen atoms in total. The van der Waals surface area contributed by atoms with E-state index in [1.807, 2.05) is 32.3 Å². The molecule has 3 unspecified atom stereocenters. The van der Waals surface area contributed by atoms with Crippen molar-refractivity contribution in [2.75, 3.05) is 0 Å². The summed E-state index contributed by atoms with van der Waals surface area (Å²) in [4.78, 5) is 30.3. The van der Waals surface area contributed by atoms with Gasteiger partial charge in [-0.3, -0.25) is 14.6 Å². The molecule has 0 bridgehead atoms. The van der Waals surface area contributed by atoms with E-state index in [0.29, 0.717) is 5.92 Å². The van der Waals surface area contributed by atoms with Crippen LogP contribution in [0.5, 0.6) is 0 Å². The Morgan fingerprint density at radius 2 is 1.90 bits per heavy atom. The molecule has 2 fully saturated rings. The fourth-order valence-corrected chi connectivity index (χ4v) is 5.33. The zero-order chi connectivity index (χ0) is 20.5. The molecule has 0 aliphatic heterocycles. The predicted molar refractivity (Wildman–Crippen MR) is 116 cm³/mol. The summed E-state index contributed by atoms with van der Waals surface area (Å²) in [7, 11) is 1.85. The SMILES string of the molecule is Cc1cc2c(cn1)cc(C1CC(NC(=O)C3CCCCC3)CCC1C)c(=O)n2C. The maximum atomic E-state index is 13.2. The summed E-state index contributed by atoms with van der Waals surface area (Å²) in [5, 5.41) is 4.34. The molecule has 3 atom stereocenters. The average Bonchev–Trinajstić information content (AvgIpc) is 2.73. The lowest BCUT2D eigenvalue weighted by molar-refractivity contribution is -0.127. The molecule has 29 heavy (non-hydrogen) atoms. The number of pyridine rings is 2. The van der Waals surface area contributed by atoms with Gasteiger partial charge in [0.2, 0.25) is 5.91 Å². The van der Waals surface area contributed by atoms with Crippen LogP contribution in [0.4, 0.5) is 0 Å². The molecule has 2 aliphatic carbocycles. The van der Waals surface area contributed by atoms with E-state index in [9.17, 15) is 9.59 Å². The van der Waals surface area contributed by atoms with Crippen LogP contribution in [0.3, 0.4) is 0 Å². The van der Waals surface area contributed by atoms with Gasteiger partial charge in [0.05, 0.1) is 5.52 Å². The van der Waals surface area contributed by atoms with Crippen molar-refractivity contribution in [2.24, 2.45) is 18.9 Å². The summed E-state index contributed by atoms with van der Waals surface area (Å²) >= 11 is 0. The Bertz CT molecular complexity index is 958. The number of nitrogens with one attached hydrogen (secondary N) is 1. The summed E-state index contributed by atoms with van der Waals surface area (Å²) in [6, 6.07) is 4.18. The standard InChI is InChI=1S/C24H33N3O2/c1-15-9-10-19(26-23(28)17-7-5-4-6-8-17)13-20(15)21-12-18-14-25-16(2)11-22(18)27(3)24(21)29/h11-12,14-15,17,19-20H,4-10,13H2,1-3H3,(H,26,28). The van der Waals surface area contributed by atoms with Gasteiger partial charge in [-0.25, -0.2) is 0 Å². The summed E-state index contributed by atoms with van der Waals surface area (Å²) in [5.41, 5.74) is 2.79. The molecular weight excluding hydrogens is 362 g/mol. The van der Waals surface area contributed by atoms with Crippen LogP contribution in [0.25, 0.3) is 10.9 Å². The Hall–Kier alpha value is -2.17. The Morgan fingerprint density at radius 3 is 2.66 bits per heavy atom. The highest BCUT2D eigenvalue weighted by Crippen LogP contribution is 2.37. The molecular formula is C24H33N3O2. The second kappa shape index (κ2) is 8.29. The first-order chi connectivity index (χ1) is 13.9. The molecule has 2 heterocycles. The first-order valence-corrected chi connectivity index (χ1v) is 11.2. The van der Waals surface area contributed by atoms with E-state index in [-0.39, 0.29) is 29.3 Å². The van der Waals surface area contributed by atoms with E-state index in [2.05, 4.69) is 17.2 Å². The molecule has 0 saturated heterocycles. The number of hydrogen-bond donors (Lipinski definition) is 1. The molecule has 0 spiro atoms. The molecule has 2 aromatic heterocycles. The Balaban J connectivity index is 1.57. The maximum absolute atomic E-state index is 13.2. The molecule has 5 heteroatoms. The third-order valence-corrected chi connectivity index (χ3v) is 7.19. The highest BCUT2D eigenvalue weighted by atomic mass is 16.2. The molecule has 4 rings (SSSR count). The van der Waals surface area contributed by atoms with Crippen molar-refractivity contribution in [2.45, 2.75) is 77.2 Å². The van der Waals surface area contributed by atoms with E-state index in [0.717, 1.165) is 54.3 Å². The molecule has 1 amide bonds. The molecule has 0 radical (unpaired) electrons. The molecule has 2 aromatic rings. The molecule has 2 aliphatic rings. The minimum absolute atomic E-state index is 0.0826. The van der Waals surface area contributed by atoms with Crippen molar-refractivity contribution in [3.8, 4) is 0 Å². The van der Waals surface area contributed by atoms with Gasteiger partial charge >= 0.3 is 0 Å². The third kappa shape index (κ3) is 4.10. The zero-order valence-corrected chi connectivity index (χ0v) is 17.9. The second-order valence-corrected chi connectivity index (χ2v) is 9.29. The average molecular weight is 396 g/mol. The van der Waals surface area contributed by atoms with Gasteiger partial charge < -0.3 is 9.88 Å². The molecule has 1 N–H and O–H groups in total. The van der Waals surface area contributed by atoms with Gasteiger partial charge in [0.1, 0.15) is 0 Å². The minimum Gasteiger partial charge on any atom is -0.353 e. The molecule has 2 saturated carbocycles. The van der Waals surface area contributed by atoms with E-state index in [4.69, 9.17) is 0 Å². The van der Waals surface area contributed by atoms with Crippen LogP contribution in [0.1, 0.15) is 75.5 Å². The number of hydrogen-bond acceptors (Lipinski definition) is 3. The fraction of sp³-hybridized carbons (Fsp3) is 0.625. The van der Waals surface area contributed by atoms with E-state index < -0.39 is 0 Å². The lowest BCUT2D eigenvalue weighted by Crippen LogP contribution is -2.43. The largest absolute Gasteiger partial charge is 0.353 e. The van der Waals surface area contributed by atoms with Gasteiger partial charge in [-0.1, -0.05) is 26.2 Å². The lowest BCUT2D eigenvalue weighted by atomic mass is 9.74. The van der Waals surface area contributed by atoms with Gasteiger partial charge in [0.15, 0.2) is 0 Å². The number of amides is 1. The quantitative estimate of drug-likeness (QED) is 0.847. The third-order valence-electron chi connectivity index (χ3n) is 7.19. The first-order valence-electron chi connectivity index (χ1n) is 11.2. The van der Waals surface area contributed by atoms with Crippen molar-refractivity contribution in [1.82, 2.24) is 14.9 Å². The maximum Gasteiger partial charge on any atom is 0.254 e. The van der Waals surface area contributed by atoms with Crippen LogP contribution in [-0.2, 0) is 11.8 Å². The van der Waals surface area contributed by atoms with Gasteiger partial charge in [-0.2, -0.15) is 0 Å². The lowest BCUT2D eigenvalue weighted by Gasteiger charge is -2.36. The van der Waals surface area contributed by atoms with Crippen molar-refractivity contribution in [3.05, 3.63) is 39.9 Å². The Morgan fingerprint density at radius 1 is 1.14 bits per heavy atom. The summed E-state index contributed by atoms with van der Waals surface area (Å²) in [6.45, 7) is 4.18. The van der Waals surface area contributed by atoms with Crippen molar-refractivity contribution >= 4 is 16.8 Å². The van der Waals surface area contributed by atoms with Crippen molar-refractivity contribution in [3.63, 3.8) is 0 Å². The molecule has 156 valence electrons. The number of carbonyl (C=O) groups excluding carboxylic acids is 1. The highest BCUT2D eigenvalue weighted by Gasteiger charge is 2.33. The van der Waals surface area contributed by atoms with Gasteiger partial charge in [0, 0.05) is 41.8 Å². The van der Waals surface area contributed by atoms with Crippen molar-refractivity contribution < 1.29 is 4.79 Å². The summed E-state index contributed by atoms with van der Waals surface area (Å²) < 4.78 is 1.76. The smallest absolute Gasteiger partial charge is 0.254 e. The highest BCUT2D eigenvalue weighted by molar-refractivity contribution is 5.80. The van der Waals surface area contributed by atoms with Crippen LogP contribution in [0.2, 0.25) is 0 Å². The van der Waals surface area contributed by atoms with Crippen LogP contribution in [0, 0.1) is 18.8 Å². The number of carbonyl (C=O) groups is 1. The Labute approximate surface area is 172 Å². The van der Waals surface area contributed by atoms with E-state index >= 15 is 0 Å². The Kier molecular flexibility index (Phi) is 5.75. The second-order valence-electron chi connectivity index (χ2n) is 9.29. The monoisotopic (exact) mass is 395 g/mol. The van der Waals surface area contributed by atoms with Crippen LogP contribution in [0.15, 0.2) is 23.1 Å². The zero-order valence-electron chi connectivity index (χ0n) is 17.9. The van der Waals surface area contributed by atoms with Crippen LogP contribution < -0.4 is 10.9 Å². The topological polar surface area (TPSA) is 64.0 Å². The number of rotatable bonds is 3. The summed E-state index contributed by atoms with van der Waals surface area (Å²) in [5.74, 6) is 1.02. The van der Waals surface area contributed by atoms with Gasteiger partial charge in [0.25, 0.3) is 5.56 Å². The summed E-state index contributed by atoms with van der Waals surface area (Å²) in [6.07, 6.45) is 10.4. The van der Waals surface area contributed by atoms with E-state index in [1.165, 1.54) is 19.3 Å². The van der Waals surface area contributed by atoms with Crippen LogP contribution in [-0.4, -0.2) is 21.5 Å². The van der Waals surface area contributed by atoms with E-state index in [1.54, 1.807) is 4.57 Å². The van der Waals surface area contributed by atoms with Crippen LogP contribution >= 0.6 is 0 Å². The number of aryl methyl sites for hydroxylation is 2. The number of nitrogens with zero attached hydrogens (tertiary/aromatic N) is 2. The van der Waals surface area contributed by atoms with Crippen molar-refractivity contribution in [1.29, 1.82) is 0 Å². The predicted octanol–water partition coefficient (Wildman–Crippen LogP) is 4.21. The minimum atomic E-state index is 0.0826. The van der Waals surface area contributed by atoms with Gasteiger partial charge in [-0.15, -0.1) is 0 Å². The van der Waals surface area contributed by atoms with Gasteiger partial charge in [-0.05, 0) is 63.0 Å². The normalized spacial score (nSPS) is 25.8. The number of fused-ring (bicyclic) bond motifs is 1. The number of aromatic nitrogens is 2. The first kappa shape index (κ1) is 20.1. The molecule has 0 aromatic carbocycles. The fourth-order valence-electron chi connectivity index (χ4n) is 5.33.